The molecule has 0 saturated carbocycles. The van der Waals surface area contributed by atoms with Gasteiger partial charge in [0.25, 0.3) is 0 Å². The molecule has 1 aliphatic heterocycles. The number of nitrogens with two attached hydrogens (primary N) is 1. The van der Waals surface area contributed by atoms with E-state index in [1.165, 1.54) is 16.8 Å². The molecule has 3 N–H and O–H groups in total. The Bertz CT molecular complexity index is 1410. The van der Waals surface area contributed by atoms with Crippen LogP contribution < -0.4 is 11.1 Å². The molecule has 5 heteroatoms. The number of allylic oxidation sites excluding steroid dienone is 3. The van der Waals surface area contributed by atoms with Gasteiger partial charge in [-0.25, -0.2) is 4.98 Å². The van der Waals surface area contributed by atoms with Gasteiger partial charge in [0, 0.05) is 49.2 Å². The Labute approximate surface area is 226 Å². The van der Waals surface area contributed by atoms with E-state index in [1.807, 2.05) is 25.4 Å². The molecule has 0 saturated heterocycles. The Morgan fingerprint density at radius 1 is 1.03 bits per heavy atom. The lowest BCUT2D eigenvalue weighted by atomic mass is 9.98. The second kappa shape index (κ2) is 11.1. The van der Waals surface area contributed by atoms with E-state index < -0.39 is 0 Å². The number of anilines is 1. The van der Waals surface area contributed by atoms with Crippen molar-refractivity contribution in [3.8, 4) is 22.5 Å². The van der Waals surface area contributed by atoms with Crippen molar-refractivity contribution >= 4 is 11.4 Å². The minimum atomic E-state index is 0.345. The highest BCUT2D eigenvalue weighted by molar-refractivity contribution is 5.80. The molecule has 0 radical (unpaired) electrons. The summed E-state index contributed by atoms with van der Waals surface area (Å²) < 4.78 is 2.29. The summed E-state index contributed by atoms with van der Waals surface area (Å²) in [7, 11) is 4.13. The molecule has 1 aliphatic rings. The molecule has 0 fully saturated rings. The first kappa shape index (κ1) is 25.6. The van der Waals surface area contributed by atoms with Gasteiger partial charge in [0.05, 0.1) is 11.4 Å². The van der Waals surface area contributed by atoms with Gasteiger partial charge in [-0.1, -0.05) is 72.8 Å². The summed E-state index contributed by atoms with van der Waals surface area (Å²) in [6.45, 7) is 6.23. The molecule has 1 unspecified atom stereocenters. The summed E-state index contributed by atoms with van der Waals surface area (Å²) in [6.07, 6.45) is 7.50. The SMILES string of the molecule is CN/C=C(\C=C/Cn1c(N)c(C)c2c1C(C)N(C)CC2)c1cc(-c2ccccc2)nc(-c2ccccc2)c1. The number of benzene rings is 2. The first-order chi connectivity index (χ1) is 18.5. The van der Waals surface area contributed by atoms with Crippen molar-refractivity contribution in [3.63, 3.8) is 0 Å². The van der Waals surface area contributed by atoms with Gasteiger partial charge in [0.15, 0.2) is 0 Å². The fourth-order valence-corrected chi connectivity index (χ4v) is 5.40. The lowest BCUT2D eigenvalue weighted by Crippen LogP contribution is -2.31. The predicted molar refractivity (Wildman–Crippen MR) is 160 cm³/mol. The average molecular weight is 504 g/mol. The lowest BCUT2D eigenvalue weighted by molar-refractivity contribution is 0.238. The standard InChI is InChI=1S/C33H37N5/c1-23-29-17-19-37(4)24(2)32(29)38(33(23)34)18-11-16-27(22-35-3)28-20-30(25-12-7-5-8-13-25)36-31(21-28)26-14-9-6-10-15-26/h5-16,20-22,24,35H,17-19,34H2,1-4H3/b16-11-,27-22+. The number of likely N-dealkylation sites (N-methyl/N-ethyl adjacent to an activating group) is 1. The third kappa shape index (κ3) is 5.02. The van der Waals surface area contributed by atoms with E-state index in [0.717, 1.165) is 59.0 Å². The zero-order valence-corrected chi connectivity index (χ0v) is 22.8. The number of rotatable bonds is 7. The van der Waals surface area contributed by atoms with E-state index in [0.29, 0.717) is 6.04 Å². The summed E-state index contributed by atoms with van der Waals surface area (Å²) in [4.78, 5) is 7.43. The Morgan fingerprint density at radius 3 is 2.21 bits per heavy atom. The molecule has 3 heterocycles. The largest absolute Gasteiger partial charge is 0.393 e. The van der Waals surface area contributed by atoms with Crippen molar-refractivity contribution in [2.24, 2.45) is 0 Å². The quantitative estimate of drug-likeness (QED) is 0.284. The van der Waals surface area contributed by atoms with Gasteiger partial charge in [-0.3, -0.25) is 4.90 Å². The number of hydrogen-bond acceptors (Lipinski definition) is 4. The summed E-state index contributed by atoms with van der Waals surface area (Å²) in [6, 6.07) is 25.4. The highest BCUT2D eigenvalue weighted by Crippen LogP contribution is 2.36. The normalized spacial score (nSPS) is 16.1. The number of nitrogen functional groups attached to an aromatic ring is 1. The topological polar surface area (TPSA) is 59.1 Å². The summed E-state index contributed by atoms with van der Waals surface area (Å²) >= 11 is 0. The molecule has 194 valence electrons. The summed E-state index contributed by atoms with van der Waals surface area (Å²) in [5.74, 6) is 0.877. The molecule has 2 aromatic heterocycles. The fourth-order valence-electron chi connectivity index (χ4n) is 5.40. The molecule has 5 rings (SSSR count). The molecule has 0 bridgehead atoms. The maximum Gasteiger partial charge on any atom is 0.107 e. The summed E-state index contributed by atoms with van der Waals surface area (Å²) in [5, 5.41) is 3.24. The Hall–Kier alpha value is -4.09. The molecule has 4 aromatic rings. The third-order valence-electron chi connectivity index (χ3n) is 7.68. The van der Waals surface area contributed by atoms with Crippen LogP contribution in [0.2, 0.25) is 0 Å². The van der Waals surface area contributed by atoms with E-state index in [-0.39, 0.29) is 0 Å². The highest BCUT2D eigenvalue weighted by Gasteiger charge is 2.28. The van der Waals surface area contributed by atoms with Crippen LogP contribution >= 0.6 is 0 Å². The average Bonchev–Trinajstić information content (AvgIpc) is 3.20. The van der Waals surface area contributed by atoms with Crippen molar-refractivity contribution < 1.29 is 0 Å². The molecule has 5 nitrogen and oxygen atoms in total. The second-order valence-electron chi connectivity index (χ2n) is 10.0. The molecule has 2 aromatic carbocycles. The number of fused-ring (bicyclic) bond motifs is 1. The van der Waals surface area contributed by atoms with E-state index in [4.69, 9.17) is 10.7 Å². The molecule has 38 heavy (non-hydrogen) atoms. The molecule has 0 spiro atoms. The molecular weight excluding hydrogens is 466 g/mol. The Morgan fingerprint density at radius 2 is 1.63 bits per heavy atom. The first-order valence-corrected chi connectivity index (χ1v) is 13.3. The monoisotopic (exact) mass is 503 g/mol. The van der Waals surface area contributed by atoms with Gasteiger partial charge in [0.2, 0.25) is 0 Å². The van der Waals surface area contributed by atoms with Crippen LogP contribution in [0.4, 0.5) is 5.82 Å². The number of nitrogens with zero attached hydrogens (tertiary/aromatic N) is 3. The smallest absolute Gasteiger partial charge is 0.107 e. The molecule has 0 aliphatic carbocycles. The van der Waals surface area contributed by atoms with Crippen LogP contribution in [0.15, 0.2) is 91.1 Å². The maximum absolute atomic E-state index is 6.62. The fraction of sp³-hybridized carbons (Fsp3) is 0.242. The van der Waals surface area contributed by atoms with Crippen molar-refractivity contribution in [1.82, 2.24) is 19.8 Å². The van der Waals surface area contributed by atoms with Crippen LogP contribution in [0.25, 0.3) is 28.1 Å². The van der Waals surface area contributed by atoms with Crippen LogP contribution in [0.5, 0.6) is 0 Å². The van der Waals surface area contributed by atoms with E-state index in [9.17, 15) is 0 Å². The van der Waals surface area contributed by atoms with Crippen molar-refractivity contribution in [2.75, 3.05) is 26.4 Å². The number of nitrogens with one attached hydrogen (secondary N) is 1. The third-order valence-corrected chi connectivity index (χ3v) is 7.68. The number of pyridine rings is 1. The van der Waals surface area contributed by atoms with Gasteiger partial charge in [-0.05, 0) is 61.7 Å². The first-order valence-electron chi connectivity index (χ1n) is 13.3. The molecular formula is C33H37N5. The maximum atomic E-state index is 6.62. The zero-order chi connectivity index (χ0) is 26.6. The minimum Gasteiger partial charge on any atom is -0.393 e. The van der Waals surface area contributed by atoms with E-state index in [2.05, 4.69) is 108 Å². The summed E-state index contributed by atoms with van der Waals surface area (Å²) in [5.41, 5.74) is 16.9. The lowest BCUT2D eigenvalue weighted by Gasteiger charge is -2.31. The van der Waals surface area contributed by atoms with Gasteiger partial charge < -0.3 is 15.6 Å². The van der Waals surface area contributed by atoms with Crippen LogP contribution in [0, 0.1) is 6.92 Å². The number of hydrogen-bond donors (Lipinski definition) is 2. The van der Waals surface area contributed by atoms with Gasteiger partial charge in [-0.2, -0.15) is 0 Å². The van der Waals surface area contributed by atoms with E-state index in [1.54, 1.807) is 0 Å². The van der Waals surface area contributed by atoms with Crippen LogP contribution in [-0.2, 0) is 13.0 Å². The number of aromatic nitrogens is 2. The van der Waals surface area contributed by atoms with Crippen LogP contribution in [0.1, 0.15) is 35.3 Å². The van der Waals surface area contributed by atoms with Gasteiger partial charge in [-0.15, -0.1) is 0 Å². The zero-order valence-electron chi connectivity index (χ0n) is 22.8. The Balaban J connectivity index is 1.52. The van der Waals surface area contributed by atoms with Crippen LogP contribution in [0.3, 0.4) is 0 Å². The molecule has 0 amide bonds. The van der Waals surface area contributed by atoms with Crippen molar-refractivity contribution in [2.45, 2.75) is 32.9 Å². The highest BCUT2D eigenvalue weighted by atomic mass is 15.2. The predicted octanol–water partition coefficient (Wildman–Crippen LogP) is 6.47. The minimum absolute atomic E-state index is 0.345. The second-order valence-corrected chi connectivity index (χ2v) is 10.0. The van der Waals surface area contributed by atoms with Gasteiger partial charge in [0.1, 0.15) is 5.82 Å². The van der Waals surface area contributed by atoms with Crippen molar-refractivity contribution in [3.05, 3.63) is 114 Å². The Kier molecular flexibility index (Phi) is 7.47. The van der Waals surface area contributed by atoms with Gasteiger partial charge >= 0.3 is 0 Å². The van der Waals surface area contributed by atoms with Crippen molar-refractivity contribution in [1.29, 1.82) is 0 Å². The molecule has 1 atom stereocenters. The van der Waals surface area contributed by atoms with E-state index >= 15 is 0 Å². The van der Waals surface area contributed by atoms with Crippen LogP contribution in [-0.4, -0.2) is 35.1 Å².